The number of carboxylic acid groups (broad SMARTS) is 1. The van der Waals surface area contributed by atoms with Gasteiger partial charge in [-0.25, -0.2) is 4.79 Å². The fraction of sp³-hybridized carbons (Fsp3) is 0.400. The van der Waals surface area contributed by atoms with Crippen molar-refractivity contribution in [3.63, 3.8) is 0 Å². The van der Waals surface area contributed by atoms with Crippen LogP contribution < -0.4 is 5.32 Å². The van der Waals surface area contributed by atoms with Gasteiger partial charge in [0.05, 0.1) is 0 Å². The third-order valence-corrected chi connectivity index (χ3v) is 5.35. The van der Waals surface area contributed by atoms with Crippen LogP contribution in [-0.2, 0) is 16.1 Å². The number of carboxylic acids is 1. The maximum atomic E-state index is 13.1. The molecule has 0 spiro atoms. The Morgan fingerprint density at radius 3 is 2.14 bits per heavy atom. The molecule has 0 saturated carbocycles. The van der Waals surface area contributed by atoms with Gasteiger partial charge >= 0.3 is 12.1 Å². The minimum absolute atomic E-state index is 0.0302. The molecule has 2 N–H and O–H groups in total. The molecule has 3 rings (SSSR count). The molecular weight excluding hydrogens is 463 g/mol. The zero-order valence-corrected chi connectivity index (χ0v) is 19.8. The highest BCUT2D eigenvalue weighted by atomic mass is 19.4. The molecule has 2 aromatic carbocycles. The van der Waals surface area contributed by atoms with Crippen molar-refractivity contribution in [1.82, 2.24) is 15.1 Å². The number of nitrogens with zero attached hydrogens (tertiary/aromatic N) is 2. The lowest BCUT2D eigenvalue weighted by atomic mass is 10.1. The lowest BCUT2D eigenvalue weighted by molar-refractivity contribution is -0.192. The molecule has 0 atom stereocenters. The van der Waals surface area contributed by atoms with Crippen LogP contribution in [-0.4, -0.2) is 71.6 Å². The number of benzene rings is 2. The van der Waals surface area contributed by atoms with E-state index in [2.05, 4.69) is 17.4 Å². The first-order chi connectivity index (χ1) is 16.5. The molecule has 1 saturated heterocycles. The highest BCUT2D eigenvalue weighted by molar-refractivity contribution is 5.94. The minimum Gasteiger partial charge on any atom is -0.475 e. The minimum atomic E-state index is -5.08. The van der Waals surface area contributed by atoms with Crippen molar-refractivity contribution in [2.75, 3.05) is 32.7 Å². The Morgan fingerprint density at radius 1 is 1.00 bits per heavy atom. The molecule has 7 nitrogen and oxygen atoms in total. The number of nitrogens with one attached hydrogen (secondary N) is 1. The fourth-order valence-corrected chi connectivity index (χ4v) is 3.43. The topological polar surface area (TPSA) is 90.0 Å². The van der Waals surface area contributed by atoms with Gasteiger partial charge in [-0.3, -0.25) is 9.59 Å². The number of aliphatic carboxylic acids is 1. The molecule has 0 aliphatic carbocycles. The van der Waals surface area contributed by atoms with E-state index in [-0.39, 0.29) is 11.8 Å². The van der Waals surface area contributed by atoms with Crippen LogP contribution in [0.3, 0.4) is 0 Å². The Bertz CT molecular complexity index is 1000. The van der Waals surface area contributed by atoms with Crippen LogP contribution >= 0.6 is 0 Å². The van der Waals surface area contributed by atoms with Gasteiger partial charge in [-0.05, 0) is 31.5 Å². The van der Waals surface area contributed by atoms with Gasteiger partial charge < -0.3 is 20.2 Å². The summed E-state index contributed by atoms with van der Waals surface area (Å²) in [5.74, 6) is -2.67. The van der Waals surface area contributed by atoms with Crippen LogP contribution in [0, 0.1) is 13.8 Å². The quantitative estimate of drug-likeness (QED) is 0.644. The van der Waals surface area contributed by atoms with Crippen molar-refractivity contribution in [3.05, 3.63) is 70.8 Å². The predicted octanol–water partition coefficient (Wildman–Crippen LogP) is 3.40. The molecule has 35 heavy (non-hydrogen) atoms. The molecule has 0 radical (unpaired) electrons. The van der Waals surface area contributed by atoms with Crippen LogP contribution in [0.2, 0.25) is 0 Å². The van der Waals surface area contributed by atoms with E-state index in [1.807, 2.05) is 55.1 Å². The third kappa shape index (κ3) is 9.40. The van der Waals surface area contributed by atoms with Gasteiger partial charge in [0.15, 0.2) is 0 Å². The maximum absolute atomic E-state index is 13.1. The van der Waals surface area contributed by atoms with E-state index in [4.69, 9.17) is 9.90 Å². The second-order valence-corrected chi connectivity index (χ2v) is 8.27. The fourth-order valence-electron chi connectivity index (χ4n) is 3.43. The normalized spacial score (nSPS) is 13.5. The number of hydrogen-bond donors (Lipinski definition) is 2. The zero-order chi connectivity index (χ0) is 26.0. The number of halogens is 3. The summed E-state index contributed by atoms with van der Waals surface area (Å²) in [6.07, 6.45) is -4.73. The van der Waals surface area contributed by atoms with E-state index >= 15 is 0 Å². The SMILES string of the molecule is Cc1ccc(CN(CCC(=O)N2CCNCC2)C(=O)c2cccc(C)c2)cc1.O=C(O)C(F)(F)F. The van der Waals surface area contributed by atoms with E-state index in [9.17, 15) is 22.8 Å². The van der Waals surface area contributed by atoms with Crippen molar-refractivity contribution in [2.45, 2.75) is 33.0 Å². The average Bonchev–Trinajstić information content (AvgIpc) is 2.82. The number of rotatable bonds is 6. The Morgan fingerprint density at radius 2 is 1.60 bits per heavy atom. The van der Waals surface area contributed by atoms with Crippen molar-refractivity contribution >= 4 is 17.8 Å². The monoisotopic (exact) mass is 493 g/mol. The molecule has 1 fully saturated rings. The van der Waals surface area contributed by atoms with Gasteiger partial charge in [-0.2, -0.15) is 13.2 Å². The number of carbonyl (C=O) groups excluding carboxylic acids is 2. The number of carbonyl (C=O) groups is 3. The number of alkyl halides is 3. The first-order valence-corrected chi connectivity index (χ1v) is 11.2. The molecule has 0 aromatic heterocycles. The molecule has 2 aromatic rings. The van der Waals surface area contributed by atoms with Crippen molar-refractivity contribution in [2.24, 2.45) is 0 Å². The second kappa shape index (κ2) is 12.9. The largest absolute Gasteiger partial charge is 0.490 e. The van der Waals surface area contributed by atoms with Crippen molar-refractivity contribution in [3.8, 4) is 0 Å². The second-order valence-electron chi connectivity index (χ2n) is 8.27. The molecule has 190 valence electrons. The van der Waals surface area contributed by atoms with E-state index in [1.165, 1.54) is 5.56 Å². The number of aryl methyl sites for hydroxylation is 2. The van der Waals surface area contributed by atoms with Crippen LogP contribution in [0.15, 0.2) is 48.5 Å². The highest BCUT2D eigenvalue weighted by Crippen LogP contribution is 2.14. The van der Waals surface area contributed by atoms with E-state index in [1.54, 1.807) is 4.90 Å². The third-order valence-electron chi connectivity index (χ3n) is 5.35. The van der Waals surface area contributed by atoms with E-state index in [0.717, 1.165) is 37.3 Å². The van der Waals surface area contributed by atoms with Gasteiger partial charge in [0.25, 0.3) is 5.91 Å². The lowest BCUT2D eigenvalue weighted by Gasteiger charge is -2.29. The summed E-state index contributed by atoms with van der Waals surface area (Å²) < 4.78 is 31.7. The molecular formula is C25H30F3N3O4. The predicted molar refractivity (Wildman–Crippen MR) is 125 cm³/mol. The zero-order valence-electron chi connectivity index (χ0n) is 19.8. The lowest BCUT2D eigenvalue weighted by Crippen LogP contribution is -2.47. The highest BCUT2D eigenvalue weighted by Gasteiger charge is 2.38. The number of piperazine rings is 1. The van der Waals surface area contributed by atoms with Crippen LogP contribution in [0.25, 0.3) is 0 Å². The van der Waals surface area contributed by atoms with E-state index in [0.29, 0.717) is 25.1 Å². The summed E-state index contributed by atoms with van der Waals surface area (Å²) in [6, 6.07) is 15.8. The Kier molecular flexibility index (Phi) is 10.3. The summed E-state index contributed by atoms with van der Waals surface area (Å²) in [7, 11) is 0. The van der Waals surface area contributed by atoms with E-state index < -0.39 is 12.1 Å². The molecule has 1 aliphatic heterocycles. The molecule has 0 unspecified atom stereocenters. The number of amides is 2. The Labute approximate surface area is 202 Å². The van der Waals surface area contributed by atoms with Gasteiger partial charge in [0.1, 0.15) is 0 Å². The molecule has 10 heteroatoms. The molecule has 1 aliphatic rings. The van der Waals surface area contributed by atoms with Crippen LogP contribution in [0.1, 0.15) is 33.5 Å². The standard InChI is InChI=1S/C23H29N3O2.C2HF3O2/c1-18-6-8-20(9-7-18)17-26(23(28)21-5-3-4-19(2)16-21)13-10-22(27)25-14-11-24-12-15-25;3-2(4,5)1(6)7/h3-9,16,24H,10-15,17H2,1-2H3;(H,6,7). The summed E-state index contributed by atoms with van der Waals surface area (Å²) in [5, 5.41) is 10.4. The molecule has 1 heterocycles. The van der Waals surface area contributed by atoms with Crippen molar-refractivity contribution in [1.29, 1.82) is 0 Å². The van der Waals surface area contributed by atoms with Crippen LogP contribution in [0.5, 0.6) is 0 Å². The summed E-state index contributed by atoms with van der Waals surface area (Å²) in [6.45, 7) is 8.10. The Balaban J connectivity index is 0.000000540. The molecule has 2 amide bonds. The molecule has 0 bridgehead atoms. The Hall–Kier alpha value is -3.40. The van der Waals surface area contributed by atoms with Crippen LogP contribution in [0.4, 0.5) is 13.2 Å². The number of hydrogen-bond acceptors (Lipinski definition) is 4. The van der Waals surface area contributed by atoms with Gasteiger partial charge in [-0.15, -0.1) is 0 Å². The van der Waals surface area contributed by atoms with Gasteiger partial charge in [-0.1, -0.05) is 47.5 Å². The first-order valence-electron chi connectivity index (χ1n) is 11.2. The summed E-state index contributed by atoms with van der Waals surface area (Å²) >= 11 is 0. The smallest absolute Gasteiger partial charge is 0.475 e. The summed E-state index contributed by atoms with van der Waals surface area (Å²) in [4.78, 5) is 38.3. The van der Waals surface area contributed by atoms with Gasteiger partial charge in [0, 0.05) is 51.3 Å². The average molecular weight is 494 g/mol. The maximum Gasteiger partial charge on any atom is 0.490 e. The van der Waals surface area contributed by atoms with Crippen molar-refractivity contribution < 1.29 is 32.7 Å². The van der Waals surface area contributed by atoms with Gasteiger partial charge in [0.2, 0.25) is 5.91 Å². The first kappa shape index (κ1) is 27.8. The summed E-state index contributed by atoms with van der Waals surface area (Å²) in [5.41, 5.74) is 3.98.